The van der Waals surface area contributed by atoms with Gasteiger partial charge in [0.15, 0.2) is 11.7 Å². The summed E-state index contributed by atoms with van der Waals surface area (Å²) in [6, 6.07) is 12.4. The predicted molar refractivity (Wildman–Crippen MR) is 112 cm³/mol. The first-order chi connectivity index (χ1) is 14.7. The van der Waals surface area contributed by atoms with Gasteiger partial charge < -0.3 is 14.4 Å². The Hall–Kier alpha value is -3.66. The Bertz CT molecular complexity index is 1230. The fourth-order valence-corrected chi connectivity index (χ4v) is 4.40. The summed E-state index contributed by atoms with van der Waals surface area (Å²) in [4.78, 5) is 28.6. The Balaban J connectivity index is 1.48. The summed E-state index contributed by atoms with van der Waals surface area (Å²) in [6.07, 6.45) is 1.53. The van der Waals surface area contributed by atoms with E-state index in [2.05, 4.69) is 9.71 Å². The van der Waals surface area contributed by atoms with Gasteiger partial charge in [-0.3, -0.25) is 14.3 Å². The van der Waals surface area contributed by atoms with Crippen LogP contribution in [0.2, 0.25) is 0 Å². The number of anilines is 2. The predicted octanol–water partition coefficient (Wildman–Crippen LogP) is 2.89. The number of nitrogens with one attached hydrogen (secondary N) is 1. The Kier molecular flexibility index (Phi) is 5.24. The van der Waals surface area contributed by atoms with Crippen molar-refractivity contribution in [2.45, 2.75) is 18.2 Å². The number of oxazole rings is 1. The van der Waals surface area contributed by atoms with Crippen LogP contribution in [-0.4, -0.2) is 36.9 Å². The molecule has 1 saturated heterocycles. The highest BCUT2D eigenvalue weighted by molar-refractivity contribution is 7.92. The third-order valence-electron chi connectivity index (χ3n) is 4.98. The molecule has 0 saturated carbocycles. The van der Waals surface area contributed by atoms with Crippen molar-refractivity contribution < 1.29 is 27.5 Å². The summed E-state index contributed by atoms with van der Waals surface area (Å²) in [5.74, 6) is -0.963. The lowest BCUT2D eigenvalue weighted by Gasteiger charge is -2.16. The molecule has 4 rings (SSSR count). The lowest BCUT2D eigenvalue weighted by molar-refractivity contribution is -0.141. The highest BCUT2D eigenvalue weighted by Crippen LogP contribution is 2.27. The maximum atomic E-state index is 12.7. The molecule has 1 aromatic heterocycles. The van der Waals surface area contributed by atoms with E-state index in [1.807, 2.05) is 0 Å². The van der Waals surface area contributed by atoms with E-state index in [1.54, 1.807) is 37.4 Å². The average molecular weight is 441 g/mol. The maximum absolute atomic E-state index is 12.7. The number of aliphatic carboxylic acids is 1. The zero-order chi connectivity index (χ0) is 22.2. The second-order valence-corrected chi connectivity index (χ2v) is 8.85. The lowest BCUT2D eigenvalue weighted by atomic mass is 10.1. The third kappa shape index (κ3) is 4.29. The molecule has 1 aliphatic rings. The zero-order valence-corrected chi connectivity index (χ0v) is 17.3. The van der Waals surface area contributed by atoms with Crippen molar-refractivity contribution >= 4 is 33.3 Å². The topological polar surface area (TPSA) is 130 Å². The van der Waals surface area contributed by atoms with Crippen LogP contribution in [0, 0.1) is 12.8 Å². The smallest absolute Gasteiger partial charge is 0.308 e. The number of carboxylic acid groups (broad SMARTS) is 1. The van der Waals surface area contributed by atoms with Crippen LogP contribution in [-0.2, 0) is 19.6 Å². The molecule has 2 aromatic carbocycles. The van der Waals surface area contributed by atoms with Crippen LogP contribution >= 0.6 is 0 Å². The largest absolute Gasteiger partial charge is 0.481 e. The van der Waals surface area contributed by atoms with Crippen LogP contribution in [0.25, 0.3) is 11.3 Å². The van der Waals surface area contributed by atoms with E-state index in [4.69, 9.17) is 9.52 Å². The molecule has 10 heteroatoms. The molecular formula is C21H19N3O6S. The molecule has 3 aromatic rings. The first-order valence-electron chi connectivity index (χ1n) is 9.42. The number of carboxylic acids is 1. The molecule has 0 bridgehead atoms. The summed E-state index contributed by atoms with van der Waals surface area (Å²) in [5, 5.41) is 9.09. The van der Waals surface area contributed by atoms with Crippen LogP contribution < -0.4 is 9.62 Å². The standard InChI is InChI=1S/C21H19N3O6S/c1-13-22-11-19(30-13)14-2-4-16(5-3-14)23-31(28,29)18-8-6-17(7-9-18)24-12-15(21(26)27)10-20(24)25/h2-9,11,15,23H,10,12H2,1H3,(H,26,27). The first kappa shape index (κ1) is 20.6. The number of hydrogen-bond donors (Lipinski definition) is 2. The third-order valence-corrected chi connectivity index (χ3v) is 6.37. The molecule has 2 N–H and O–H groups in total. The summed E-state index contributed by atoms with van der Waals surface area (Å²) < 4.78 is 33.4. The van der Waals surface area contributed by atoms with Crippen molar-refractivity contribution in [3.05, 3.63) is 60.6 Å². The second-order valence-electron chi connectivity index (χ2n) is 7.16. The van der Waals surface area contributed by atoms with Crippen molar-refractivity contribution in [3.8, 4) is 11.3 Å². The molecule has 31 heavy (non-hydrogen) atoms. The van der Waals surface area contributed by atoms with Gasteiger partial charge in [0.05, 0.1) is 17.0 Å². The van der Waals surface area contributed by atoms with Gasteiger partial charge in [-0.25, -0.2) is 13.4 Å². The van der Waals surface area contributed by atoms with Crippen LogP contribution in [0.4, 0.5) is 11.4 Å². The van der Waals surface area contributed by atoms with Crippen molar-refractivity contribution in [2.75, 3.05) is 16.2 Å². The average Bonchev–Trinajstić information content (AvgIpc) is 3.34. The van der Waals surface area contributed by atoms with Crippen molar-refractivity contribution in [2.24, 2.45) is 5.92 Å². The SMILES string of the molecule is Cc1ncc(-c2ccc(NS(=O)(=O)c3ccc(N4CC(C(=O)O)CC4=O)cc3)cc2)o1. The number of sulfonamides is 1. The zero-order valence-electron chi connectivity index (χ0n) is 16.5. The van der Waals surface area contributed by atoms with E-state index in [1.165, 1.54) is 29.2 Å². The highest BCUT2D eigenvalue weighted by atomic mass is 32.2. The molecule has 160 valence electrons. The number of amides is 1. The molecule has 9 nitrogen and oxygen atoms in total. The van der Waals surface area contributed by atoms with Crippen LogP contribution in [0.1, 0.15) is 12.3 Å². The minimum Gasteiger partial charge on any atom is -0.481 e. The summed E-state index contributed by atoms with van der Waals surface area (Å²) in [5.41, 5.74) is 1.60. The van der Waals surface area contributed by atoms with Gasteiger partial charge in [-0.15, -0.1) is 0 Å². The number of carbonyl (C=O) groups is 2. The van der Waals surface area contributed by atoms with E-state index in [9.17, 15) is 18.0 Å². The molecule has 1 atom stereocenters. The summed E-state index contributed by atoms with van der Waals surface area (Å²) in [7, 11) is -3.85. The molecule has 0 aliphatic carbocycles. The van der Waals surface area contributed by atoms with Gasteiger partial charge in [0.2, 0.25) is 5.91 Å². The van der Waals surface area contributed by atoms with Crippen molar-refractivity contribution in [1.82, 2.24) is 4.98 Å². The Morgan fingerprint density at radius 2 is 1.84 bits per heavy atom. The van der Waals surface area contributed by atoms with Crippen LogP contribution in [0.15, 0.2) is 64.0 Å². The molecular weight excluding hydrogens is 422 g/mol. The molecule has 1 fully saturated rings. The fourth-order valence-electron chi connectivity index (χ4n) is 3.34. The lowest BCUT2D eigenvalue weighted by Crippen LogP contribution is -2.25. The molecule has 0 radical (unpaired) electrons. The molecule has 1 unspecified atom stereocenters. The van der Waals surface area contributed by atoms with Gasteiger partial charge in [-0.05, 0) is 48.5 Å². The van der Waals surface area contributed by atoms with Gasteiger partial charge in [-0.1, -0.05) is 0 Å². The number of hydrogen-bond acceptors (Lipinski definition) is 6. The monoisotopic (exact) mass is 441 g/mol. The second kappa shape index (κ2) is 7.88. The van der Waals surface area contributed by atoms with Gasteiger partial charge in [-0.2, -0.15) is 0 Å². The summed E-state index contributed by atoms with van der Waals surface area (Å²) >= 11 is 0. The van der Waals surface area contributed by atoms with Crippen molar-refractivity contribution in [3.63, 3.8) is 0 Å². The van der Waals surface area contributed by atoms with E-state index in [0.717, 1.165) is 5.56 Å². The van der Waals surface area contributed by atoms with Crippen molar-refractivity contribution in [1.29, 1.82) is 0 Å². The van der Waals surface area contributed by atoms with Crippen LogP contribution in [0.3, 0.4) is 0 Å². The quantitative estimate of drug-likeness (QED) is 0.601. The number of carbonyl (C=O) groups excluding carboxylic acids is 1. The number of benzene rings is 2. The number of nitrogens with zero attached hydrogens (tertiary/aromatic N) is 2. The minimum atomic E-state index is -3.85. The molecule has 1 amide bonds. The van der Waals surface area contributed by atoms with E-state index in [0.29, 0.717) is 23.0 Å². The minimum absolute atomic E-state index is 0.0209. The molecule has 2 heterocycles. The number of rotatable bonds is 6. The van der Waals surface area contributed by atoms with E-state index >= 15 is 0 Å². The Labute approximate surface area is 178 Å². The Morgan fingerprint density at radius 3 is 2.39 bits per heavy atom. The fraction of sp³-hybridized carbons (Fsp3) is 0.190. The number of aromatic nitrogens is 1. The van der Waals surface area contributed by atoms with E-state index < -0.39 is 21.9 Å². The van der Waals surface area contributed by atoms with Crippen LogP contribution in [0.5, 0.6) is 0 Å². The van der Waals surface area contributed by atoms with Gasteiger partial charge in [0.25, 0.3) is 10.0 Å². The highest BCUT2D eigenvalue weighted by Gasteiger charge is 2.35. The Morgan fingerprint density at radius 1 is 1.16 bits per heavy atom. The normalized spacial score (nSPS) is 16.5. The molecule has 0 spiro atoms. The van der Waals surface area contributed by atoms with Gasteiger partial charge in [0, 0.05) is 36.8 Å². The first-order valence-corrected chi connectivity index (χ1v) is 10.9. The summed E-state index contributed by atoms with van der Waals surface area (Å²) in [6.45, 7) is 1.80. The maximum Gasteiger partial charge on any atom is 0.308 e. The van der Waals surface area contributed by atoms with Gasteiger partial charge >= 0.3 is 5.97 Å². The van der Waals surface area contributed by atoms with Gasteiger partial charge in [0.1, 0.15) is 0 Å². The molecule has 1 aliphatic heterocycles. The van der Waals surface area contributed by atoms with E-state index in [-0.39, 0.29) is 23.8 Å². The number of aryl methyl sites for hydroxylation is 1.